The van der Waals surface area contributed by atoms with E-state index in [1.54, 1.807) is 0 Å². The van der Waals surface area contributed by atoms with Crippen molar-refractivity contribution in [3.05, 3.63) is 23.0 Å². The molecule has 0 spiro atoms. The second-order valence-electron chi connectivity index (χ2n) is 4.89. The monoisotopic (exact) mass is 296 g/mol. The number of nitrogens with zero attached hydrogens (tertiary/aromatic N) is 4. The van der Waals surface area contributed by atoms with Gasteiger partial charge in [-0.3, -0.25) is 13.9 Å². The number of imidazole rings is 1. The maximum absolute atomic E-state index is 12.1. The predicted molar refractivity (Wildman–Crippen MR) is 70.5 cm³/mol. The topological polar surface area (TPSA) is 123 Å². The van der Waals surface area contributed by atoms with Gasteiger partial charge in [-0.1, -0.05) is 0 Å². The standard InChI is InChI=1S/C12H16N4O5/c1-2-15-4-14-10-7(11(15)20)13-5-16(10)12-9(19)8(18)6(3-17)21-12/h4-6,8-9,12,17-19H,2-3H2,1H3/t6-,8-,9-,12-/m1/s1. The van der Waals surface area contributed by atoms with Crippen molar-refractivity contribution in [3.8, 4) is 0 Å². The van der Waals surface area contributed by atoms with E-state index >= 15 is 0 Å². The Hall–Kier alpha value is -1.81. The number of rotatable bonds is 3. The summed E-state index contributed by atoms with van der Waals surface area (Å²) >= 11 is 0. The summed E-state index contributed by atoms with van der Waals surface area (Å²) in [5.41, 5.74) is 0.143. The van der Waals surface area contributed by atoms with E-state index in [2.05, 4.69) is 9.97 Å². The summed E-state index contributed by atoms with van der Waals surface area (Å²) in [5, 5.41) is 28.9. The highest BCUT2D eigenvalue weighted by molar-refractivity contribution is 5.69. The van der Waals surface area contributed by atoms with Crippen molar-refractivity contribution < 1.29 is 20.1 Å². The summed E-state index contributed by atoms with van der Waals surface area (Å²) in [5.74, 6) is 0. The molecule has 3 rings (SSSR count). The number of ether oxygens (including phenoxy) is 1. The summed E-state index contributed by atoms with van der Waals surface area (Å²) in [6, 6.07) is 0. The van der Waals surface area contributed by atoms with E-state index in [4.69, 9.17) is 9.84 Å². The van der Waals surface area contributed by atoms with Crippen LogP contribution in [-0.2, 0) is 11.3 Å². The van der Waals surface area contributed by atoms with Gasteiger partial charge in [-0.2, -0.15) is 0 Å². The molecule has 4 atom stereocenters. The lowest BCUT2D eigenvalue weighted by molar-refractivity contribution is -0.0511. The molecule has 1 aliphatic rings. The van der Waals surface area contributed by atoms with E-state index in [-0.39, 0.29) is 16.7 Å². The van der Waals surface area contributed by atoms with E-state index < -0.39 is 31.1 Å². The maximum atomic E-state index is 12.1. The minimum Gasteiger partial charge on any atom is -0.394 e. The lowest BCUT2D eigenvalue weighted by Crippen LogP contribution is -2.33. The third-order valence-electron chi connectivity index (χ3n) is 3.68. The van der Waals surface area contributed by atoms with Gasteiger partial charge in [-0.05, 0) is 6.92 Å². The van der Waals surface area contributed by atoms with Gasteiger partial charge in [0.25, 0.3) is 5.56 Å². The zero-order chi connectivity index (χ0) is 15.1. The number of aromatic nitrogens is 4. The Bertz CT molecular complexity index is 711. The number of fused-ring (bicyclic) bond motifs is 1. The first kappa shape index (κ1) is 14.1. The molecule has 0 aromatic carbocycles. The Morgan fingerprint density at radius 1 is 1.29 bits per heavy atom. The second-order valence-corrected chi connectivity index (χ2v) is 4.89. The molecular formula is C12H16N4O5. The zero-order valence-corrected chi connectivity index (χ0v) is 11.3. The number of aryl methyl sites for hydroxylation is 1. The molecule has 1 fully saturated rings. The lowest BCUT2D eigenvalue weighted by Gasteiger charge is -2.16. The van der Waals surface area contributed by atoms with Gasteiger partial charge in [0.2, 0.25) is 0 Å². The van der Waals surface area contributed by atoms with Crippen LogP contribution in [0.4, 0.5) is 0 Å². The fourth-order valence-electron chi connectivity index (χ4n) is 2.47. The van der Waals surface area contributed by atoms with Gasteiger partial charge in [0.1, 0.15) is 24.6 Å². The quantitative estimate of drug-likeness (QED) is 0.612. The van der Waals surface area contributed by atoms with Crippen LogP contribution in [0.3, 0.4) is 0 Å². The summed E-state index contributed by atoms with van der Waals surface area (Å²) in [6.45, 7) is 1.87. The second kappa shape index (κ2) is 5.19. The van der Waals surface area contributed by atoms with Crippen molar-refractivity contribution in [1.82, 2.24) is 19.1 Å². The predicted octanol–water partition coefficient (Wildman–Crippen LogP) is -1.78. The van der Waals surface area contributed by atoms with Crippen molar-refractivity contribution in [1.29, 1.82) is 0 Å². The highest BCUT2D eigenvalue weighted by Gasteiger charge is 2.44. The molecule has 1 aliphatic heterocycles. The molecule has 0 bridgehead atoms. The number of aliphatic hydroxyl groups excluding tert-OH is 3. The Morgan fingerprint density at radius 2 is 2.05 bits per heavy atom. The minimum atomic E-state index is -1.24. The SMILES string of the molecule is CCn1cnc2c(ncn2[C@@H]2O[C@H](CO)[C@@H](O)[C@H]2O)c1=O. The summed E-state index contributed by atoms with van der Waals surface area (Å²) in [7, 11) is 0. The van der Waals surface area contributed by atoms with Gasteiger partial charge in [0, 0.05) is 6.54 Å². The first-order valence-corrected chi connectivity index (χ1v) is 6.63. The molecule has 3 heterocycles. The van der Waals surface area contributed by atoms with Crippen molar-refractivity contribution in [2.45, 2.75) is 38.0 Å². The van der Waals surface area contributed by atoms with Crippen LogP contribution < -0.4 is 5.56 Å². The number of hydrogen-bond donors (Lipinski definition) is 3. The van der Waals surface area contributed by atoms with Crippen LogP contribution in [0.2, 0.25) is 0 Å². The van der Waals surface area contributed by atoms with Crippen LogP contribution in [-0.4, -0.2) is 59.3 Å². The third-order valence-corrected chi connectivity index (χ3v) is 3.68. The fourth-order valence-corrected chi connectivity index (χ4v) is 2.47. The normalized spacial score (nSPS) is 29.3. The van der Waals surface area contributed by atoms with Crippen molar-refractivity contribution in [2.24, 2.45) is 0 Å². The van der Waals surface area contributed by atoms with Gasteiger partial charge in [-0.15, -0.1) is 0 Å². The van der Waals surface area contributed by atoms with Crippen molar-refractivity contribution in [2.75, 3.05) is 6.61 Å². The Morgan fingerprint density at radius 3 is 2.67 bits per heavy atom. The molecule has 3 N–H and O–H groups in total. The average molecular weight is 296 g/mol. The zero-order valence-electron chi connectivity index (χ0n) is 11.3. The minimum absolute atomic E-state index is 0.164. The summed E-state index contributed by atoms with van der Waals surface area (Å²) in [6.07, 6.45) is -1.57. The largest absolute Gasteiger partial charge is 0.394 e. The molecule has 114 valence electrons. The molecule has 9 nitrogen and oxygen atoms in total. The molecule has 0 unspecified atom stereocenters. The Kier molecular flexibility index (Phi) is 3.49. The van der Waals surface area contributed by atoms with E-state index in [0.717, 1.165) is 0 Å². The summed E-state index contributed by atoms with van der Waals surface area (Å²) in [4.78, 5) is 20.3. The maximum Gasteiger partial charge on any atom is 0.281 e. The van der Waals surface area contributed by atoms with Crippen LogP contribution >= 0.6 is 0 Å². The van der Waals surface area contributed by atoms with E-state index in [9.17, 15) is 15.0 Å². The molecule has 21 heavy (non-hydrogen) atoms. The first-order valence-electron chi connectivity index (χ1n) is 6.63. The van der Waals surface area contributed by atoms with Crippen molar-refractivity contribution in [3.63, 3.8) is 0 Å². The molecule has 0 amide bonds. The summed E-state index contributed by atoms with van der Waals surface area (Å²) < 4.78 is 8.21. The van der Waals surface area contributed by atoms with E-state index in [1.807, 2.05) is 6.92 Å². The Balaban J connectivity index is 2.06. The van der Waals surface area contributed by atoms with E-state index in [0.29, 0.717) is 6.54 Å². The Labute approximate surface area is 119 Å². The van der Waals surface area contributed by atoms with Crippen LogP contribution in [0.15, 0.2) is 17.4 Å². The fraction of sp³-hybridized carbons (Fsp3) is 0.583. The molecule has 0 radical (unpaired) electrons. The first-order chi connectivity index (χ1) is 10.1. The number of aliphatic hydroxyl groups is 3. The van der Waals surface area contributed by atoms with Crippen LogP contribution in [0.1, 0.15) is 13.2 Å². The highest BCUT2D eigenvalue weighted by Crippen LogP contribution is 2.30. The van der Waals surface area contributed by atoms with Gasteiger partial charge < -0.3 is 20.1 Å². The average Bonchev–Trinajstić information content (AvgIpc) is 3.03. The van der Waals surface area contributed by atoms with Gasteiger partial charge in [0.15, 0.2) is 17.4 Å². The smallest absolute Gasteiger partial charge is 0.281 e. The third kappa shape index (κ3) is 2.05. The van der Waals surface area contributed by atoms with Gasteiger partial charge in [0.05, 0.1) is 12.9 Å². The van der Waals surface area contributed by atoms with E-state index in [1.165, 1.54) is 21.8 Å². The van der Waals surface area contributed by atoms with Gasteiger partial charge in [-0.25, -0.2) is 9.97 Å². The molecule has 1 saturated heterocycles. The van der Waals surface area contributed by atoms with Gasteiger partial charge >= 0.3 is 0 Å². The highest BCUT2D eigenvalue weighted by atomic mass is 16.6. The lowest BCUT2D eigenvalue weighted by atomic mass is 10.1. The van der Waals surface area contributed by atoms with Crippen LogP contribution in [0, 0.1) is 0 Å². The molecule has 0 aliphatic carbocycles. The molecular weight excluding hydrogens is 280 g/mol. The molecule has 9 heteroatoms. The van der Waals surface area contributed by atoms with Crippen LogP contribution in [0.5, 0.6) is 0 Å². The van der Waals surface area contributed by atoms with Crippen LogP contribution in [0.25, 0.3) is 11.2 Å². The molecule has 2 aromatic heterocycles. The molecule has 2 aromatic rings. The van der Waals surface area contributed by atoms with Crippen molar-refractivity contribution >= 4 is 11.2 Å². The number of hydrogen-bond acceptors (Lipinski definition) is 7. The molecule has 0 saturated carbocycles.